The van der Waals surface area contributed by atoms with Crippen molar-refractivity contribution < 1.29 is 14.3 Å². The second-order valence-corrected chi connectivity index (χ2v) is 9.10. The molecule has 1 saturated heterocycles. The van der Waals surface area contributed by atoms with Crippen LogP contribution in [0.2, 0.25) is 0 Å². The van der Waals surface area contributed by atoms with Crippen molar-refractivity contribution in [3.63, 3.8) is 0 Å². The van der Waals surface area contributed by atoms with Crippen molar-refractivity contribution in [2.75, 3.05) is 39.8 Å². The Morgan fingerprint density at radius 1 is 1.06 bits per heavy atom. The number of rotatable bonds is 5. The number of methoxy groups -OCH3 is 1. The lowest BCUT2D eigenvalue weighted by Crippen LogP contribution is -2.49. The summed E-state index contributed by atoms with van der Waals surface area (Å²) in [7, 11) is 1.67. The van der Waals surface area contributed by atoms with Gasteiger partial charge in [0.25, 0.3) is 5.91 Å². The minimum absolute atomic E-state index is 0.116. The van der Waals surface area contributed by atoms with E-state index in [9.17, 15) is 4.79 Å². The van der Waals surface area contributed by atoms with Crippen molar-refractivity contribution in [3.05, 3.63) is 65.9 Å². The molecule has 7 heteroatoms. The van der Waals surface area contributed by atoms with Crippen molar-refractivity contribution in [3.8, 4) is 22.8 Å². The average Bonchev–Trinajstić information content (AvgIpc) is 3.28. The zero-order valence-corrected chi connectivity index (χ0v) is 19.5. The van der Waals surface area contributed by atoms with Crippen LogP contribution >= 0.6 is 0 Å². The predicted octanol–water partition coefficient (Wildman–Crippen LogP) is 3.64. The number of hydrogen-bond acceptors (Lipinski definition) is 5. The molecule has 0 bridgehead atoms. The number of carbonyl (C=O) groups is 1. The first-order valence-corrected chi connectivity index (χ1v) is 11.5. The predicted molar refractivity (Wildman–Crippen MR) is 127 cm³/mol. The highest BCUT2D eigenvalue weighted by Crippen LogP contribution is 2.46. The van der Waals surface area contributed by atoms with E-state index in [1.165, 1.54) is 0 Å². The number of benzene rings is 2. The van der Waals surface area contributed by atoms with Crippen molar-refractivity contribution in [2.24, 2.45) is 0 Å². The van der Waals surface area contributed by atoms with Gasteiger partial charge in [0.15, 0.2) is 0 Å². The minimum Gasteiger partial charge on any atom is -0.497 e. The number of ether oxygens (including phenoxy) is 2. The fourth-order valence-electron chi connectivity index (χ4n) is 4.69. The van der Waals surface area contributed by atoms with Crippen LogP contribution in [0.4, 0.5) is 0 Å². The van der Waals surface area contributed by atoms with Gasteiger partial charge in [0.2, 0.25) is 0 Å². The van der Waals surface area contributed by atoms with Crippen LogP contribution in [-0.4, -0.2) is 65.3 Å². The second kappa shape index (κ2) is 8.56. The fraction of sp³-hybridized carbons (Fsp3) is 0.385. The topological polar surface area (TPSA) is 59.8 Å². The molecular weight excluding hydrogens is 416 g/mol. The van der Waals surface area contributed by atoms with Gasteiger partial charge in [0.05, 0.1) is 25.5 Å². The van der Waals surface area contributed by atoms with Gasteiger partial charge in [0, 0.05) is 55.5 Å². The molecule has 1 fully saturated rings. The van der Waals surface area contributed by atoms with E-state index >= 15 is 0 Å². The molecule has 0 saturated carbocycles. The maximum Gasteiger partial charge on any atom is 0.253 e. The summed E-state index contributed by atoms with van der Waals surface area (Å²) in [6.45, 7) is 9.03. The number of nitrogens with zero attached hydrogens (tertiary/aromatic N) is 4. The number of fused-ring (bicyclic) bond motifs is 3. The Morgan fingerprint density at radius 2 is 1.82 bits per heavy atom. The molecule has 0 atom stereocenters. The Balaban J connectivity index is 1.27. The third-order valence-electron chi connectivity index (χ3n) is 6.61. The van der Waals surface area contributed by atoms with E-state index in [0.29, 0.717) is 0 Å². The molecule has 0 N–H and O–H groups in total. The second-order valence-electron chi connectivity index (χ2n) is 9.10. The van der Waals surface area contributed by atoms with Crippen LogP contribution in [0, 0.1) is 0 Å². The molecule has 0 spiro atoms. The molecule has 2 aromatic carbocycles. The molecule has 2 aliphatic heterocycles. The first kappa shape index (κ1) is 21.5. The van der Waals surface area contributed by atoms with Gasteiger partial charge < -0.3 is 14.4 Å². The van der Waals surface area contributed by atoms with E-state index in [4.69, 9.17) is 14.6 Å². The van der Waals surface area contributed by atoms with Crippen LogP contribution in [0.3, 0.4) is 0 Å². The first-order valence-electron chi connectivity index (χ1n) is 11.5. The zero-order chi connectivity index (χ0) is 23.0. The quantitative estimate of drug-likeness (QED) is 0.599. The van der Waals surface area contributed by atoms with Crippen LogP contribution in [0.5, 0.6) is 11.5 Å². The number of aromatic nitrogens is 2. The third kappa shape index (κ3) is 4.09. The SMILES string of the molecule is COc1ccc2c(c1)OC(C)(C)c1cnn(CCN3CCN(C(=O)c4ccccc4)CC3)c1-2. The standard InChI is InChI=1S/C26H30N4O3/c1-26(2)22-18-27-30(24(22)21-10-9-20(32-3)17-23(21)33-26)16-13-28-11-14-29(15-12-28)25(31)19-7-5-4-6-8-19/h4-10,17-18H,11-16H2,1-3H3. The molecule has 3 aromatic rings. The van der Waals surface area contributed by atoms with Crippen molar-refractivity contribution in [1.82, 2.24) is 19.6 Å². The van der Waals surface area contributed by atoms with Crippen molar-refractivity contribution >= 4 is 5.91 Å². The van der Waals surface area contributed by atoms with Gasteiger partial charge in [-0.3, -0.25) is 14.4 Å². The number of carbonyl (C=O) groups excluding carboxylic acids is 1. The summed E-state index contributed by atoms with van der Waals surface area (Å²) >= 11 is 0. The first-order chi connectivity index (χ1) is 16.0. The molecular formula is C26H30N4O3. The number of hydrogen-bond donors (Lipinski definition) is 0. The van der Waals surface area contributed by atoms with Crippen LogP contribution in [0.25, 0.3) is 11.3 Å². The molecule has 0 radical (unpaired) electrons. The Morgan fingerprint density at radius 3 is 2.55 bits per heavy atom. The lowest BCUT2D eigenvalue weighted by molar-refractivity contribution is 0.0632. The fourth-order valence-corrected chi connectivity index (χ4v) is 4.69. The Labute approximate surface area is 194 Å². The van der Waals surface area contributed by atoms with Crippen molar-refractivity contribution in [1.29, 1.82) is 0 Å². The summed E-state index contributed by atoms with van der Waals surface area (Å²) in [5.41, 5.74) is 3.55. The van der Waals surface area contributed by atoms with Crippen LogP contribution < -0.4 is 9.47 Å². The molecule has 5 rings (SSSR count). The molecule has 2 aliphatic rings. The van der Waals surface area contributed by atoms with E-state index in [2.05, 4.69) is 23.4 Å². The van der Waals surface area contributed by atoms with Gasteiger partial charge in [-0.1, -0.05) is 18.2 Å². The van der Waals surface area contributed by atoms with Gasteiger partial charge in [0.1, 0.15) is 17.1 Å². The Hall–Kier alpha value is -3.32. The largest absolute Gasteiger partial charge is 0.497 e. The van der Waals surface area contributed by atoms with E-state index < -0.39 is 5.60 Å². The van der Waals surface area contributed by atoms with Gasteiger partial charge in [-0.2, -0.15) is 5.10 Å². The summed E-state index contributed by atoms with van der Waals surface area (Å²) in [6, 6.07) is 15.5. The molecule has 1 aromatic heterocycles. The maximum absolute atomic E-state index is 12.7. The third-order valence-corrected chi connectivity index (χ3v) is 6.61. The summed E-state index contributed by atoms with van der Waals surface area (Å²) < 4.78 is 13.8. The van der Waals surface area contributed by atoms with Crippen LogP contribution in [0.15, 0.2) is 54.7 Å². The highest BCUT2D eigenvalue weighted by molar-refractivity contribution is 5.94. The minimum atomic E-state index is -0.462. The van der Waals surface area contributed by atoms with Gasteiger partial charge >= 0.3 is 0 Å². The van der Waals surface area contributed by atoms with E-state index in [-0.39, 0.29) is 5.91 Å². The molecule has 0 aliphatic carbocycles. The molecule has 0 unspecified atom stereocenters. The van der Waals surface area contributed by atoms with Gasteiger partial charge in [-0.25, -0.2) is 0 Å². The summed E-state index contributed by atoms with van der Waals surface area (Å²) in [5, 5.41) is 4.72. The van der Waals surface area contributed by atoms with E-state index in [1.54, 1.807) is 7.11 Å². The molecule has 1 amide bonds. The molecule has 3 heterocycles. The van der Waals surface area contributed by atoms with Gasteiger partial charge in [-0.05, 0) is 38.1 Å². The molecule has 172 valence electrons. The monoisotopic (exact) mass is 446 g/mol. The van der Waals surface area contributed by atoms with Crippen LogP contribution in [-0.2, 0) is 12.1 Å². The highest BCUT2D eigenvalue weighted by Gasteiger charge is 2.36. The number of piperazine rings is 1. The van der Waals surface area contributed by atoms with Gasteiger partial charge in [-0.15, -0.1) is 0 Å². The smallest absolute Gasteiger partial charge is 0.253 e. The Kier molecular flexibility index (Phi) is 5.58. The summed E-state index contributed by atoms with van der Waals surface area (Å²) in [4.78, 5) is 17.1. The summed E-state index contributed by atoms with van der Waals surface area (Å²) in [5.74, 6) is 1.72. The van der Waals surface area contributed by atoms with Crippen molar-refractivity contribution in [2.45, 2.75) is 26.0 Å². The highest BCUT2D eigenvalue weighted by atomic mass is 16.5. The van der Waals surface area contributed by atoms with Crippen LogP contribution in [0.1, 0.15) is 29.8 Å². The molecule has 7 nitrogen and oxygen atoms in total. The maximum atomic E-state index is 12.7. The Bertz CT molecular complexity index is 1150. The zero-order valence-electron chi connectivity index (χ0n) is 19.5. The summed E-state index contributed by atoms with van der Waals surface area (Å²) in [6.07, 6.45) is 1.93. The van der Waals surface area contributed by atoms with E-state index in [1.807, 2.05) is 59.6 Å². The van der Waals surface area contributed by atoms with E-state index in [0.717, 1.165) is 73.2 Å². The lowest BCUT2D eigenvalue weighted by Gasteiger charge is -2.35. The lowest BCUT2D eigenvalue weighted by atomic mass is 9.91. The number of amides is 1. The normalized spacial score (nSPS) is 17.1. The molecule has 33 heavy (non-hydrogen) atoms. The average molecular weight is 447 g/mol.